The molecule has 2 aliphatic rings. The zero-order valence-corrected chi connectivity index (χ0v) is 20.2. The van der Waals surface area contributed by atoms with Crippen LogP contribution in [0.15, 0.2) is 30.6 Å². The molecule has 0 aromatic carbocycles. The van der Waals surface area contributed by atoms with Crippen LogP contribution in [0.3, 0.4) is 0 Å². The molecule has 1 N–H and O–H groups in total. The fourth-order valence-corrected chi connectivity index (χ4v) is 5.15. The summed E-state index contributed by atoms with van der Waals surface area (Å²) in [5.74, 6) is 1.41. The molecule has 8 nitrogen and oxygen atoms in total. The molecule has 4 heterocycles. The molecular formula is C25H32F2N6O2. The van der Waals surface area contributed by atoms with Gasteiger partial charge in [0.1, 0.15) is 5.82 Å². The Morgan fingerprint density at radius 2 is 2.03 bits per heavy atom. The van der Waals surface area contributed by atoms with E-state index in [-0.39, 0.29) is 17.8 Å². The van der Waals surface area contributed by atoms with E-state index in [0.717, 1.165) is 49.9 Å². The monoisotopic (exact) mass is 486 g/mol. The number of fused-ring (bicyclic) bond motifs is 1. The molecule has 1 aliphatic carbocycles. The lowest BCUT2D eigenvalue weighted by atomic mass is 9.87. The second kappa shape index (κ2) is 9.93. The molecule has 5 rings (SSSR count). The first-order valence-corrected chi connectivity index (χ1v) is 12.5. The molecule has 2 fully saturated rings. The maximum atomic E-state index is 13.8. The fraction of sp³-hybridized carbons (Fsp3) is 0.560. The van der Waals surface area contributed by atoms with E-state index in [1.807, 2.05) is 12.1 Å². The van der Waals surface area contributed by atoms with E-state index in [1.165, 1.54) is 4.57 Å². The highest BCUT2D eigenvalue weighted by Gasteiger charge is 2.27. The lowest BCUT2D eigenvalue weighted by molar-refractivity contribution is 0.0926. The number of morpholine rings is 1. The minimum absolute atomic E-state index is 0.0425. The molecular weight excluding hydrogens is 454 g/mol. The normalized spacial score (nSPS) is 23.2. The summed E-state index contributed by atoms with van der Waals surface area (Å²) in [4.78, 5) is 20.2. The highest BCUT2D eigenvalue weighted by atomic mass is 19.3. The van der Waals surface area contributed by atoms with Crippen molar-refractivity contribution in [1.82, 2.24) is 19.3 Å². The van der Waals surface area contributed by atoms with Crippen molar-refractivity contribution in [3.05, 3.63) is 36.3 Å². The summed E-state index contributed by atoms with van der Waals surface area (Å²) >= 11 is 0. The number of pyridine rings is 1. The van der Waals surface area contributed by atoms with Gasteiger partial charge in [-0.2, -0.15) is 5.10 Å². The van der Waals surface area contributed by atoms with Crippen LogP contribution in [-0.2, 0) is 4.74 Å². The zero-order valence-electron chi connectivity index (χ0n) is 20.2. The average molecular weight is 487 g/mol. The Morgan fingerprint density at radius 3 is 2.77 bits per heavy atom. The molecule has 1 amide bonds. The number of aromatic nitrogens is 4. The van der Waals surface area contributed by atoms with Gasteiger partial charge >= 0.3 is 6.03 Å². The number of halogens is 2. The third kappa shape index (κ3) is 4.76. The van der Waals surface area contributed by atoms with E-state index < -0.39 is 18.2 Å². The summed E-state index contributed by atoms with van der Waals surface area (Å²) in [7, 11) is 0. The molecule has 10 heteroatoms. The first-order valence-electron chi connectivity index (χ1n) is 12.5. The van der Waals surface area contributed by atoms with Crippen molar-refractivity contribution in [1.29, 1.82) is 0 Å². The van der Waals surface area contributed by atoms with Crippen LogP contribution in [-0.4, -0.2) is 51.2 Å². The molecule has 0 bridgehead atoms. The summed E-state index contributed by atoms with van der Waals surface area (Å²) in [5.41, 5.74) is 0.121. The molecule has 1 saturated carbocycles. The second-order valence-electron chi connectivity index (χ2n) is 9.65. The van der Waals surface area contributed by atoms with Gasteiger partial charge in [-0.05, 0) is 56.2 Å². The molecule has 35 heavy (non-hydrogen) atoms. The van der Waals surface area contributed by atoms with Gasteiger partial charge in [0.15, 0.2) is 11.3 Å². The number of nitrogens with zero attached hydrogens (tertiary/aromatic N) is 5. The van der Waals surface area contributed by atoms with E-state index in [9.17, 15) is 13.6 Å². The number of alkyl halides is 2. The van der Waals surface area contributed by atoms with Gasteiger partial charge in [-0.1, -0.05) is 13.8 Å². The zero-order chi connectivity index (χ0) is 24.5. The Hall–Kier alpha value is -3.01. The molecule has 1 unspecified atom stereocenters. The van der Waals surface area contributed by atoms with Crippen molar-refractivity contribution >= 4 is 28.6 Å². The van der Waals surface area contributed by atoms with Crippen molar-refractivity contribution in [2.75, 3.05) is 30.0 Å². The first-order chi connectivity index (χ1) is 16.9. The Labute approximate surface area is 203 Å². The molecule has 3 aromatic rings. The van der Waals surface area contributed by atoms with E-state index in [2.05, 4.69) is 29.2 Å². The smallest absolute Gasteiger partial charge is 0.331 e. The van der Waals surface area contributed by atoms with Gasteiger partial charge in [-0.25, -0.2) is 18.6 Å². The minimum atomic E-state index is -2.78. The van der Waals surface area contributed by atoms with E-state index in [1.54, 1.807) is 23.1 Å². The number of hydrogen-bond donors (Lipinski definition) is 1. The highest BCUT2D eigenvalue weighted by molar-refractivity contribution is 5.97. The number of rotatable bonds is 5. The van der Waals surface area contributed by atoms with Crippen LogP contribution in [0.2, 0.25) is 0 Å². The Balaban J connectivity index is 1.40. The van der Waals surface area contributed by atoms with Crippen LogP contribution >= 0.6 is 0 Å². The van der Waals surface area contributed by atoms with Crippen LogP contribution in [0, 0.1) is 5.92 Å². The quantitative estimate of drug-likeness (QED) is 0.507. The van der Waals surface area contributed by atoms with Gasteiger partial charge in [0, 0.05) is 24.3 Å². The number of ether oxygens (including phenoxy) is 1. The van der Waals surface area contributed by atoms with Gasteiger partial charge in [0.2, 0.25) is 0 Å². The van der Waals surface area contributed by atoms with Crippen LogP contribution in [0.1, 0.15) is 64.1 Å². The van der Waals surface area contributed by atoms with Gasteiger partial charge in [-0.3, -0.25) is 9.25 Å². The standard InChI is InChI=1S/C25H32F2N6O2/c1-3-18-15-35-13-12-31(18)21-9-6-17-10-11-32(24(17)29-21)25(34)28-20-14-33(30-22(20)23(26)27)19-7-4-16(2)5-8-19/h6,9-11,14,16,18-19,23H,3-5,7-8,12-13,15H2,1-2H3,(H,28,34). The third-order valence-corrected chi connectivity index (χ3v) is 7.30. The third-order valence-electron chi connectivity index (χ3n) is 7.30. The van der Waals surface area contributed by atoms with E-state index in [4.69, 9.17) is 9.72 Å². The summed E-state index contributed by atoms with van der Waals surface area (Å²) in [6.45, 7) is 6.30. The Bertz CT molecular complexity index is 1180. The Morgan fingerprint density at radius 1 is 1.23 bits per heavy atom. The van der Waals surface area contributed by atoms with Gasteiger partial charge in [0.05, 0.1) is 31.0 Å². The van der Waals surface area contributed by atoms with Gasteiger partial charge in [0.25, 0.3) is 6.43 Å². The van der Waals surface area contributed by atoms with Crippen molar-refractivity contribution in [2.24, 2.45) is 5.92 Å². The first kappa shape index (κ1) is 23.7. The van der Waals surface area contributed by atoms with Crippen LogP contribution in [0.5, 0.6) is 0 Å². The summed E-state index contributed by atoms with van der Waals surface area (Å²) in [6.07, 6.45) is 5.17. The molecule has 3 aromatic heterocycles. The highest BCUT2D eigenvalue weighted by Crippen LogP contribution is 2.34. The average Bonchev–Trinajstić information content (AvgIpc) is 3.48. The number of hydrogen-bond acceptors (Lipinski definition) is 5. The maximum Gasteiger partial charge on any atom is 0.331 e. The van der Waals surface area contributed by atoms with Crippen LogP contribution < -0.4 is 10.2 Å². The maximum absolute atomic E-state index is 13.8. The number of amides is 1. The van der Waals surface area contributed by atoms with Crippen molar-refractivity contribution in [3.8, 4) is 0 Å². The summed E-state index contributed by atoms with van der Waals surface area (Å²) in [6, 6.07) is 5.42. The Kier molecular flexibility index (Phi) is 6.73. The topological polar surface area (TPSA) is 77.2 Å². The van der Waals surface area contributed by atoms with Gasteiger partial charge < -0.3 is 15.0 Å². The lowest BCUT2D eigenvalue weighted by Crippen LogP contribution is -2.45. The lowest BCUT2D eigenvalue weighted by Gasteiger charge is -2.36. The fourth-order valence-electron chi connectivity index (χ4n) is 5.15. The molecule has 1 atom stereocenters. The minimum Gasteiger partial charge on any atom is -0.377 e. The van der Waals surface area contributed by atoms with Crippen LogP contribution in [0.25, 0.3) is 11.0 Å². The molecule has 0 radical (unpaired) electrons. The summed E-state index contributed by atoms with van der Waals surface area (Å²) in [5, 5.41) is 7.61. The SMILES string of the molecule is CCC1COCCN1c1ccc2ccn(C(=O)Nc3cn(C4CCC(C)CC4)nc3C(F)F)c2n1. The van der Waals surface area contributed by atoms with Crippen molar-refractivity contribution in [3.63, 3.8) is 0 Å². The number of carbonyl (C=O) groups is 1. The van der Waals surface area contributed by atoms with E-state index in [0.29, 0.717) is 24.8 Å². The predicted octanol–water partition coefficient (Wildman–Crippen LogP) is 5.62. The summed E-state index contributed by atoms with van der Waals surface area (Å²) < 4.78 is 36.1. The van der Waals surface area contributed by atoms with Crippen molar-refractivity contribution in [2.45, 2.75) is 64.5 Å². The van der Waals surface area contributed by atoms with E-state index >= 15 is 0 Å². The second-order valence-corrected chi connectivity index (χ2v) is 9.65. The molecule has 1 saturated heterocycles. The predicted molar refractivity (Wildman–Crippen MR) is 130 cm³/mol. The van der Waals surface area contributed by atoms with Crippen LogP contribution in [0.4, 0.5) is 25.1 Å². The number of anilines is 2. The molecule has 0 spiro atoms. The molecule has 188 valence electrons. The van der Waals surface area contributed by atoms with Gasteiger partial charge in [-0.15, -0.1) is 0 Å². The number of nitrogens with one attached hydrogen (secondary N) is 1. The largest absolute Gasteiger partial charge is 0.377 e. The number of carbonyl (C=O) groups excluding carboxylic acids is 1. The van der Waals surface area contributed by atoms with Crippen molar-refractivity contribution < 1.29 is 18.3 Å². The molecule has 1 aliphatic heterocycles.